The fourth-order valence-corrected chi connectivity index (χ4v) is 2.54. The molecule has 1 heterocycles. The van der Waals surface area contributed by atoms with Crippen LogP contribution in [0.3, 0.4) is 0 Å². The molecule has 0 saturated carbocycles. The van der Waals surface area contributed by atoms with Crippen LogP contribution in [0.2, 0.25) is 5.02 Å². The van der Waals surface area contributed by atoms with Gasteiger partial charge in [0.05, 0.1) is 5.69 Å². The van der Waals surface area contributed by atoms with Gasteiger partial charge in [0.1, 0.15) is 23.0 Å². The van der Waals surface area contributed by atoms with Crippen LogP contribution in [-0.2, 0) is 0 Å². The summed E-state index contributed by atoms with van der Waals surface area (Å²) in [7, 11) is 0. The predicted octanol–water partition coefficient (Wildman–Crippen LogP) is 4.27. The van der Waals surface area contributed by atoms with Crippen molar-refractivity contribution in [1.29, 1.82) is 5.26 Å². The molecule has 0 amide bonds. The first-order chi connectivity index (χ1) is 11.1. The number of aromatic nitrogens is 2. The summed E-state index contributed by atoms with van der Waals surface area (Å²) in [4.78, 5) is 12.1. The van der Waals surface area contributed by atoms with Gasteiger partial charge in [-0.05, 0) is 24.3 Å². The van der Waals surface area contributed by atoms with Gasteiger partial charge in [0.25, 0.3) is 0 Å². The Labute approximate surface area is 138 Å². The molecule has 3 rings (SSSR count). The number of rotatable bonds is 3. The van der Waals surface area contributed by atoms with Crippen molar-refractivity contribution >= 4 is 17.4 Å². The lowest BCUT2D eigenvalue weighted by Gasteiger charge is -2.04. The summed E-state index contributed by atoms with van der Waals surface area (Å²) in [6, 6.07) is 18.4. The van der Waals surface area contributed by atoms with Gasteiger partial charge in [-0.3, -0.25) is 4.79 Å². The maximum atomic E-state index is 12.1. The van der Waals surface area contributed by atoms with Gasteiger partial charge < -0.3 is 0 Å². The number of carbonyl (C=O) groups is 1. The highest BCUT2D eigenvalue weighted by atomic mass is 35.5. The molecular weight excluding hydrogens is 310 g/mol. The van der Waals surface area contributed by atoms with Crippen molar-refractivity contribution in [1.82, 2.24) is 9.78 Å². The zero-order valence-electron chi connectivity index (χ0n) is 12.3. The molecule has 2 aromatic carbocycles. The minimum Gasteiger partial charge on any atom is -0.293 e. The fraction of sp³-hybridized carbons (Fsp3) is 0.0556. The quantitative estimate of drug-likeness (QED) is 0.677. The SMILES string of the molecule is CC(=O)c1c(C#N)c(-c2ccc(Cl)cc2)nn1-c1ccccc1. The monoisotopic (exact) mass is 321 g/mol. The molecule has 1 aromatic heterocycles. The maximum absolute atomic E-state index is 12.1. The summed E-state index contributed by atoms with van der Waals surface area (Å²) < 4.78 is 1.52. The van der Waals surface area contributed by atoms with Crippen LogP contribution in [0.5, 0.6) is 0 Å². The van der Waals surface area contributed by atoms with E-state index in [1.807, 2.05) is 30.3 Å². The van der Waals surface area contributed by atoms with Crippen LogP contribution in [-0.4, -0.2) is 15.6 Å². The lowest BCUT2D eigenvalue weighted by molar-refractivity contribution is 0.101. The molecule has 0 unspecified atom stereocenters. The van der Waals surface area contributed by atoms with Crippen molar-refractivity contribution in [3.8, 4) is 23.0 Å². The van der Waals surface area contributed by atoms with Crippen molar-refractivity contribution in [2.24, 2.45) is 0 Å². The number of carbonyl (C=O) groups excluding carboxylic acids is 1. The Morgan fingerprint density at radius 3 is 2.35 bits per heavy atom. The first-order valence-corrected chi connectivity index (χ1v) is 7.35. The Balaban J connectivity index is 2.28. The maximum Gasteiger partial charge on any atom is 0.179 e. The second-order valence-corrected chi connectivity index (χ2v) is 5.43. The molecule has 0 fully saturated rings. The van der Waals surface area contributed by atoms with E-state index < -0.39 is 0 Å². The zero-order chi connectivity index (χ0) is 16.4. The average molecular weight is 322 g/mol. The van der Waals surface area contributed by atoms with E-state index in [0.717, 1.165) is 11.3 Å². The number of ketones is 1. The summed E-state index contributed by atoms with van der Waals surface area (Å²) in [6.45, 7) is 1.43. The summed E-state index contributed by atoms with van der Waals surface area (Å²) in [5, 5.41) is 14.6. The molecule has 0 aliphatic rings. The third-order valence-electron chi connectivity index (χ3n) is 3.45. The Bertz CT molecular complexity index is 906. The van der Waals surface area contributed by atoms with Gasteiger partial charge in [0.2, 0.25) is 0 Å². The van der Waals surface area contributed by atoms with Gasteiger partial charge in [0, 0.05) is 17.5 Å². The molecule has 4 nitrogen and oxygen atoms in total. The van der Waals surface area contributed by atoms with Crippen molar-refractivity contribution in [2.75, 3.05) is 0 Å². The van der Waals surface area contributed by atoms with Crippen LogP contribution < -0.4 is 0 Å². The average Bonchev–Trinajstić information content (AvgIpc) is 2.96. The van der Waals surface area contributed by atoms with Crippen molar-refractivity contribution < 1.29 is 4.79 Å². The first kappa shape index (κ1) is 15.0. The molecule has 3 aromatic rings. The van der Waals surface area contributed by atoms with Crippen molar-refractivity contribution in [3.05, 3.63) is 70.9 Å². The number of nitriles is 1. The number of benzene rings is 2. The third kappa shape index (κ3) is 2.75. The Hall–Kier alpha value is -2.90. The second-order valence-electron chi connectivity index (χ2n) is 4.99. The number of nitrogens with zero attached hydrogens (tertiary/aromatic N) is 3. The summed E-state index contributed by atoms with van der Waals surface area (Å²) >= 11 is 5.91. The van der Waals surface area contributed by atoms with E-state index in [4.69, 9.17) is 11.6 Å². The van der Waals surface area contributed by atoms with E-state index >= 15 is 0 Å². The van der Waals surface area contributed by atoms with Gasteiger partial charge in [-0.1, -0.05) is 41.9 Å². The molecule has 0 bridgehead atoms. The number of halogens is 1. The van der Waals surface area contributed by atoms with Gasteiger partial charge in [-0.25, -0.2) is 4.68 Å². The van der Waals surface area contributed by atoms with Crippen LogP contribution in [0, 0.1) is 11.3 Å². The van der Waals surface area contributed by atoms with Gasteiger partial charge in [-0.15, -0.1) is 0 Å². The zero-order valence-corrected chi connectivity index (χ0v) is 13.1. The Kier molecular flexibility index (Phi) is 3.96. The molecule has 0 aliphatic heterocycles. The molecular formula is C18H12ClN3O. The largest absolute Gasteiger partial charge is 0.293 e. The highest BCUT2D eigenvalue weighted by Crippen LogP contribution is 2.28. The topological polar surface area (TPSA) is 58.7 Å². The summed E-state index contributed by atoms with van der Waals surface area (Å²) in [5.41, 5.74) is 2.49. The van der Waals surface area contributed by atoms with E-state index in [-0.39, 0.29) is 17.0 Å². The van der Waals surface area contributed by atoms with Gasteiger partial charge >= 0.3 is 0 Å². The van der Waals surface area contributed by atoms with Gasteiger partial charge in [-0.2, -0.15) is 10.4 Å². The summed E-state index contributed by atoms with van der Waals surface area (Å²) in [6.07, 6.45) is 0. The van der Waals surface area contributed by atoms with Crippen LogP contribution in [0.25, 0.3) is 16.9 Å². The Morgan fingerprint density at radius 1 is 1.13 bits per heavy atom. The smallest absolute Gasteiger partial charge is 0.179 e. The number of Topliss-reactive ketones (excluding diaryl/α,β-unsaturated/α-hetero) is 1. The third-order valence-corrected chi connectivity index (χ3v) is 3.70. The molecule has 23 heavy (non-hydrogen) atoms. The molecule has 0 aliphatic carbocycles. The number of para-hydroxylation sites is 1. The minimum absolute atomic E-state index is 0.210. The second kappa shape index (κ2) is 6.07. The van der Waals surface area contributed by atoms with E-state index in [1.165, 1.54) is 11.6 Å². The highest BCUT2D eigenvalue weighted by molar-refractivity contribution is 6.30. The number of hydrogen-bond acceptors (Lipinski definition) is 3. The fourth-order valence-electron chi connectivity index (χ4n) is 2.41. The molecule has 0 spiro atoms. The van der Waals surface area contributed by atoms with Crippen LogP contribution in [0.15, 0.2) is 54.6 Å². The predicted molar refractivity (Wildman–Crippen MR) is 88.7 cm³/mol. The highest BCUT2D eigenvalue weighted by Gasteiger charge is 2.22. The number of hydrogen-bond donors (Lipinski definition) is 0. The van der Waals surface area contributed by atoms with Gasteiger partial charge in [0.15, 0.2) is 5.78 Å². The van der Waals surface area contributed by atoms with E-state index in [0.29, 0.717) is 10.7 Å². The lowest BCUT2D eigenvalue weighted by Crippen LogP contribution is -2.07. The van der Waals surface area contributed by atoms with Crippen molar-refractivity contribution in [3.63, 3.8) is 0 Å². The standard InChI is InChI=1S/C18H12ClN3O/c1-12(23)18-16(11-20)17(13-7-9-14(19)10-8-13)21-22(18)15-5-3-2-4-6-15/h2-10H,1H3. The molecule has 5 heteroatoms. The molecule has 0 N–H and O–H groups in total. The normalized spacial score (nSPS) is 10.3. The molecule has 0 saturated heterocycles. The van der Waals surface area contributed by atoms with Crippen LogP contribution >= 0.6 is 11.6 Å². The lowest BCUT2D eigenvalue weighted by atomic mass is 10.1. The summed E-state index contributed by atoms with van der Waals surface area (Å²) in [5.74, 6) is -0.210. The molecule has 0 atom stereocenters. The van der Waals surface area contributed by atoms with Crippen molar-refractivity contribution in [2.45, 2.75) is 6.92 Å². The molecule has 0 radical (unpaired) electrons. The molecule has 112 valence electrons. The Morgan fingerprint density at radius 2 is 1.78 bits per heavy atom. The van der Waals surface area contributed by atoms with Crippen LogP contribution in [0.4, 0.5) is 0 Å². The first-order valence-electron chi connectivity index (χ1n) is 6.97. The van der Waals surface area contributed by atoms with E-state index in [9.17, 15) is 10.1 Å². The van der Waals surface area contributed by atoms with E-state index in [1.54, 1.807) is 24.3 Å². The van der Waals surface area contributed by atoms with Crippen LogP contribution in [0.1, 0.15) is 23.0 Å². The minimum atomic E-state index is -0.210. The van der Waals surface area contributed by atoms with E-state index in [2.05, 4.69) is 11.2 Å².